The molecule has 0 amide bonds. The van der Waals surface area contributed by atoms with Crippen LogP contribution in [0.15, 0.2) is 12.3 Å². The third-order valence-electron chi connectivity index (χ3n) is 5.18. The van der Waals surface area contributed by atoms with E-state index < -0.39 is 0 Å². The third-order valence-corrected chi connectivity index (χ3v) is 5.18. The summed E-state index contributed by atoms with van der Waals surface area (Å²) in [5.74, 6) is 0.890. The summed E-state index contributed by atoms with van der Waals surface area (Å²) in [6.45, 7) is 9.25. The fourth-order valence-corrected chi connectivity index (χ4v) is 3.77. The van der Waals surface area contributed by atoms with Crippen LogP contribution in [0, 0.1) is 5.92 Å². The molecule has 4 heteroatoms. The van der Waals surface area contributed by atoms with E-state index >= 15 is 0 Å². The molecule has 3 saturated heterocycles. The van der Waals surface area contributed by atoms with Crippen LogP contribution >= 0.6 is 0 Å². The van der Waals surface area contributed by atoms with Gasteiger partial charge >= 0.3 is 0 Å². The minimum atomic E-state index is 0.556. The predicted octanol–water partition coefficient (Wildman–Crippen LogP) is 2.43. The van der Waals surface area contributed by atoms with E-state index in [-0.39, 0.29) is 0 Å². The molecule has 0 saturated carbocycles. The number of piperidine rings is 3. The number of aromatic nitrogens is 2. The van der Waals surface area contributed by atoms with Crippen molar-refractivity contribution in [3.8, 4) is 0 Å². The maximum absolute atomic E-state index is 4.74. The van der Waals surface area contributed by atoms with Gasteiger partial charge in [-0.2, -0.15) is 5.10 Å². The summed E-state index contributed by atoms with van der Waals surface area (Å²) in [6, 6.07) is 3.41. The molecule has 1 aromatic rings. The molecule has 3 fully saturated rings. The van der Waals surface area contributed by atoms with Crippen LogP contribution in [-0.4, -0.2) is 40.4 Å². The van der Waals surface area contributed by atoms with Gasteiger partial charge in [-0.25, -0.2) is 0 Å². The van der Waals surface area contributed by atoms with E-state index in [0.717, 1.165) is 25.3 Å². The van der Waals surface area contributed by atoms with E-state index in [4.69, 9.17) is 5.10 Å². The normalized spacial score (nSPS) is 29.2. The first kappa shape index (κ1) is 14.1. The molecule has 0 radical (unpaired) electrons. The standard InChI is InChI=1S/C16H28N4/c1-3-15(4-2)20-10-7-14(18-20)11-17-16-12-19-8-5-13(16)6-9-19/h7,10,13,15-17H,3-6,8-9,11-12H2,1-2H3. The number of nitrogens with zero attached hydrogens (tertiary/aromatic N) is 3. The summed E-state index contributed by atoms with van der Waals surface area (Å²) in [5, 5.41) is 8.48. The topological polar surface area (TPSA) is 33.1 Å². The maximum Gasteiger partial charge on any atom is 0.0762 e. The Morgan fingerprint density at radius 1 is 1.30 bits per heavy atom. The van der Waals surface area contributed by atoms with Gasteiger partial charge in [0.15, 0.2) is 0 Å². The Bertz CT molecular complexity index is 416. The Morgan fingerprint density at radius 3 is 2.65 bits per heavy atom. The van der Waals surface area contributed by atoms with Gasteiger partial charge in [0.1, 0.15) is 0 Å². The molecule has 0 aliphatic carbocycles. The van der Waals surface area contributed by atoms with Crippen LogP contribution in [0.2, 0.25) is 0 Å². The Morgan fingerprint density at radius 2 is 2.05 bits per heavy atom. The van der Waals surface area contributed by atoms with Crippen LogP contribution in [0.4, 0.5) is 0 Å². The number of fused-ring (bicyclic) bond motifs is 3. The predicted molar refractivity (Wildman–Crippen MR) is 81.6 cm³/mol. The van der Waals surface area contributed by atoms with E-state index in [1.54, 1.807) is 0 Å². The van der Waals surface area contributed by atoms with Crippen LogP contribution in [0.25, 0.3) is 0 Å². The van der Waals surface area contributed by atoms with Crippen molar-refractivity contribution < 1.29 is 0 Å². The number of rotatable bonds is 6. The van der Waals surface area contributed by atoms with Gasteiger partial charge in [0.25, 0.3) is 0 Å². The number of hydrogen-bond donors (Lipinski definition) is 1. The molecule has 1 N–H and O–H groups in total. The fraction of sp³-hybridized carbons (Fsp3) is 0.812. The Labute approximate surface area is 122 Å². The minimum Gasteiger partial charge on any atom is -0.307 e. The molecule has 4 heterocycles. The summed E-state index contributed by atoms with van der Waals surface area (Å²) in [4.78, 5) is 2.60. The Hall–Kier alpha value is -0.870. The molecule has 112 valence electrons. The van der Waals surface area contributed by atoms with Crippen molar-refractivity contribution in [2.45, 2.75) is 58.2 Å². The molecule has 1 atom stereocenters. The smallest absolute Gasteiger partial charge is 0.0762 e. The van der Waals surface area contributed by atoms with E-state index in [1.165, 1.54) is 38.2 Å². The first-order valence-corrected chi connectivity index (χ1v) is 8.30. The van der Waals surface area contributed by atoms with Gasteiger partial charge in [0, 0.05) is 25.3 Å². The second kappa shape index (κ2) is 6.27. The second-order valence-electron chi connectivity index (χ2n) is 6.38. The first-order chi connectivity index (χ1) is 9.80. The fourth-order valence-electron chi connectivity index (χ4n) is 3.77. The monoisotopic (exact) mass is 276 g/mol. The molecule has 3 aliphatic rings. The Balaban J connectivity index is 1.53. The van der Waals surface area contributed by atoms with Gasteiger partial charge in [-0.05, 0) is 50.8 Å². The van der Waals surface area contributed by atoms with Crippen LogP contribution in [-0.2, 0) is 6.54 Å². The highest BCUT2D eigenvalue weighted by atomic mass is 15.3. The molecule has 0 aromatic carbocycles. The molecular weight excluding hydrogens is 248 g/mol. The van der Waals surface area contributed by atoms with Gasteiger partial charge in [-0.3, -0.25) is 4.68 Å². The molecule has 2 bridgehead atoms. The second-order valence-corrected chi connectivity index (χ2v) is 6.38. The average molecular weight is 276 g/mol. The summed E-state index contributed by atoms with van der Waals surface area (Å²) in [6.07, 6.45) is 7.21. The quantitative estimate of drug-likeness (QED) is 0.866. The van der Waals surface area contributed by atoms with Crippen molar-refractivity contribution in [1.82, 2.24) is 20.0 Å². The van der Waals surface area contributed by atoms with Crippen molar-refractivity contribution in [3.63, 3.8) is 0 Å². The lowest BCUT2D eigenvalue weighted by Crippen LogP contribution is -2.55. The van der Waals surface area contributed by atoms with Gasteiger partial charge in [0.2, 0.25) is 0 Å². The first-order valence-electron chi connectivity index (χ1n) is 8.30. The summed E-state index contributed by atoms with van der Waals surface area (Å²) in [5.41, 5.74) is 1.19. The van der Waals surface area contributed by atoms with E-state index in [0.29, 0.717) is 12.1 Å². The highest BCUT2D eigenvalue weighted by Gasteiger charge is 2.33. The molecule has 20 heavy (non-hydrogen) atoms. The maximum atomic E-state index is 4.74. The highest BCUT2D eigenvalue weighted by molar-refractivity contribution is 5.01. The van der Waals surface area contributed by atoms with Crippen LogP contribution < -0.4 is 5.32 Å². The third kappa shape index (κ3) is 2.91. The average Bonchev–Trinajstić information content (AvgIpc) is 2.96. The lowest BCUT2D eigenvalue weighted by molar-refractivity contribution is 0.0718. The molecule has 3 aliphatic heterocycles. The zero-order valence-electron chi connectivity index (χ0n) is 12.9. The Kier molecular flexibility index (Phi) is 4.41. The van der Waals surface area contributed by atoms with Crippen LogP contribution in [0.3, 0.4) is 0 Å². The zero-order valence-corrected chi connectivity index (χ0v) is 12.9. The molecule has 0 spiro atoms. The van der Waals surface area contributed by atoms with Crippen LogP contribution in [0.5, 0.6) is 0 Å². The molecule has 4 rings (SSSR count). The molecule has 1 aromatic heterocycles. The lowest BCUT2D eigenvalue weighted by Gasteiger charge is -2.45. The van der Waals surface area contributed by atoms with E-state index in [1.807, 2.05) is 0 Å². The highest BCUT2D eigenvalue weighted by Crippen LogP contribution is 2.27. The van der Waals surface area contributed by atoms with E-state index in [9.17, 15) is 0 Å². The van der Waals surface area contributed by atoms with Gasteiger partial charge in [0.05, 0.1) is 11.7 Å². The number of hydrogen-bond acceptors (Lipinski definition) is 3. The van der Waals surface area contributed by atoms with Crippen molar-refractivity contribution >= 4 is 0 Å². The van der Waals surface area contributed by atoms with E-state index in [2.05, 4.69) is 41.0 Å². The summed E-state index contributed by atoms with van der Waals surface area (Å²) >= 11 is 0. The van der Waals surface area contributed by atoms with Crippen molar-refractivity contribution in [2.75, 3.05) is 19.6 Å². The van der Waals surface area contributed by atoms with Gasteiger partial charge in [-0.15, -0.1) is 0 Å². The molecule has 1 unspecified atom stereocenters. The zero-order chi connectivity index (χ0) is 13.9. The number of nitrogens with one attached hydrogen (secondary N) is 1. The van der Waals surface area contributed by atoms with Gasteiger partial charge < -0.3 is 10.2 Å². The summed E-state index contributed by atoms with van der Waals surface area (Å²) < 4.78 is 2.15. The lowest BCUT2D eigenvalue weighted by atomic mass is 9.84. The SMILES string of the molecule is CCC(CC)n1ccc(CNC2CN3CCC2CC3)n1. The van der Waals surface area contributed by atoms with Crippen molar-refractivity contribution in [1.29, 1.82) is 0 Å². The van der Waals surface area contributed by atoms with Gasteiger partial charge in [-0.1, -0.05) is 13.8 Å². The van der Waals surface area contributed by atoms with Crippen molar-refractivity contribution in [3.05, 3.63) is 18.0 Å². The van der Waals surface area contributed by atoms with Crippen molar-refractivity contribution in [2.24, 2.45) is 5.92 Å². The molecule has 4 nitrogen and oxygen atoms in total. The summed E-state index contributed by atoms with van der Waals surface area (Å²) in [7, 11) is 0. The molecular formula is C16H28N4. The van der Waals surface area contributed by atoms with Crippen LogP contribution in [0.1, 0.15) is 51.3 Å². The minimum absolute atomic E-state index is 0.556. The largest absolute Gasteiger partial charge is 0.307 e.